The molecule has 0 spiro atoms. The summed E-state index contributed by atoms with van der Waals surface area (Å²) < 4.78 is 43.5. The molecular weight excluding hydrogens is 403 g/mol. The number of ketones is 1. The quantitative estimate of drug-likeness (QED) is 0.246. The van der Waals surface area contributed by atoms with E-state index >= 15 is 0 Å². The van der Waals surface area contributed by atoms with Crippen molar-refractivity contribution < 1.29 is 22.7 Å². The summed E-state index contributed by atoms with van der Waals surface area (Å²) in [5.41, 5.74) is 2.28. The predicted molar refractivity (Wildman–Crippen MR) is 104 cm³/mol. The van der Waals surface area contributed by atoms with Gasteiger partial charge in [-0.3, -0.25) is 9.20 Å². The highest BCUT2D eigenvalue weighted by molar-refractivity contribution is 7.08. The molecule has 29 heavy (non-hydrogen) atoms. The number of nitrogens with zero attached hydrogens (tertiary/aromatic N) is 3. The minimum absolute atomic E-state index is 0.133. The number of carbonyl (C=O) groups is 1. The second-order valence-electron chi connectivity index (χ2n) is 5.88. The van der Waals surface area contributed by atoms with E-state index in [-0.39, 0.29) is 11.6 Å². The van der Waals surface area contributed by atoms with Crippen LogP contribution in [0.15, 0.2) is 70.5 Å². The van der Waals surface area contributed by atoms with E-state index < -0.39 is 12.8 Å². The first-order valence-corrected chi connectivity index (χ1v) is 9.30. The fraction of sp³-hybridized carbons (Fsp3) is 0.0500. The monoisotopic (exact) mass is 415 g/mol. The van der Waals surface area contributed by atoms with E-state index in [1.165, 1.54) is 11.3 Å². The van der Waals surface area contributed by atoms with E-state index in [4.69, 9.17) is 0 Å². The molecule has 0 bridgehead atoms. The van der Waals surface area contributed by atoms with Crippen LogP contribution in [0.25, 0.3) is 16.9 Å². The fourth-order valence-corrected chi connectivity index (χ4v) is 3.49. The molecule has 1 aromatic carbocycles. The van der Waals surface area contributed by atoms with Crippen molar-refractivity contribution in [3.05, 3.63) is 76.6 Å². The molecule has 3 heterocycles. The molecule has 5 nitrogen and oxygen atoms in total. The van der Waals surface area contributed by atoms with Crippen LogP contribution in [0.2, 0.25) is 0 Å². The smallest absolute Gasteiger partial charge is 0.390 e. The van der Waals surface area contributed by atoms with Crippen LogP contribution in [-0.2, 0) is 4.74 Å². The maximum atomic E-state index is 13.7. The van der Waals surface area contributed by atoms with Gasteiger partial charge in [0.05, 0.1) is 0 Å². The zero-order valence-corrected chi connectivity index (χ0v) is 15.4. The molecule has 0 saturated carbocycles. The first-order valence-electron chi connectivity index (χ1n) is 8.36. The van der Waals surface area contributed by atoms with Crippen molar-refractivity contribution in [3.63, 3.8) is 0 Å². The number of pyridine rings is 1. The third-order valence-corrected chi connectivity index (χ3v) is 4.76. The highest BCUT2D eigenvalue weighted by Gasteiger charge is 2.19. The van der Waals surface area contributed by atoms with Gasteiger partial charge in [0.1, 0.15) is 11.3 Å². The summed E-state index contributed by atoms with van der Waals surface area (Å²) in [4.78, 5) is 20.4. The number of benzene rings is 1. The molecule has 9 heteroatoms. The van der Waals surface area contributed by atoms with Crippen LogP contribution in [0.4, 0.5) is 19.0 Å². The maximum Gasteiger partial charge on any atom is 0.390 e. The number of carbonyl (C=O) groups excluding carboxylic acids is 1. The third kappa shape index (κ3) is 3.90. The number of thiophene rings is 1. The number of aliphatic imine (C=N–C) groups is 1. The van der Waals surface area contributed by atoms with E-state index in [2.05, 4.69) is 14.7 Å². The Labute approximate surface area is 166 Å². The molecule has 3 aromatic heterocycles. The zero-order valence-electron chi connectivity index (χ0n) is 14.6. The molecule has 0 fully saturated rings. The maximum absolute atomic E-state index is 13.7. The lowest BCUT2D eigenvalue weighted by Crippen LogP contribution is -2.03. The molecule has 0 N–H and O–H groups in total. The first kappa shape index (κ1) is 18.9. The Kier molecular flexibility index (Phi) is 5.13. The Bertz CT molecular complexity index is 1190. The molecule has 0 radical (unpaired) electrons. The van der Waals surface area contributed by atoms with E-state index in [0.717, 1.165) is 0 Å². The molecule has 4 aromatic rings. The first-order chi connectivity index (χ1) is 14.0. The minimum atomic E-state index is -3.34. The SMILES string of the molecule is O=C(c1ccccc1)c1ccc2nc(N=C(F)OC(F)F)c(-c3ccsc3)n2c1. The number of alkyl halides is 2. The normalized spacial score (nSPS) is 11.9. The van der Waals surface area contributed by atoms with Gasteiger partial charge >= 0.3 is 12.8 Å². The summed E-state index contributed by atoms with van der Waals surface area (Å²) in [5.74, 6) is -0.333. The molecule has 0 saturated heterocycles. The van der Waals surface area contributed by atoms with Crippen molar-refractivity contribution in [3.8, 4) is 11.3 Å². The van der Waals surface area contributed by atoms with E-state index in [1.807, 2.05) is 6.07 Å². The van der Waals surface area contributed by atoms with Gasteiger partial charge in [0, 0.05) is 28.3 Å². The van der Waals surface area contributed by atoms with Crippen molar-refractivity contribution >= 4 is 34.7 Å². The van der Waals surface area contributed by atoms with Gasteiger partial charge in [-0.2, -0.15) is 25.1 Å². The average molecular weight is 415 g/mol. The van der Waals surface area contributed by atoms with Crippen molar-refractivity contribution in [2.75, 3.05) is 0 Å². The second-order valence-corrected chi connectivity index (χ2v) is 6.66. The van der Waals surface area contributed by atoms with Crippen LogP contribution in [-0.4, -0.2) is 27.9 Å². The van der Waals surface area contributed by atoms with Crippen molar-refractivity contribution in [2.45, 2.75) is 6.61 Å². The van der Waals surface area contributed by atoms with E-state index in [1.54, 1.807) is 63.8 Å². The van der Waals surface area contributed by atoms with Crippen LogP contribution >= 0.6 is 11.3 Å². The van der Waals surface area contributed by atoms with Gasteiger partial charge in [-0.15, -0.1) is 4.39 Å². The number of fused-ring (bicyclic) bond motifs is 1. The summed E-state index contributed by atoms with van der Waals surface area (Å²) >= 11 is 1.39. The van der Waals surface area contributed by atoms with Crippen LogP contribution in [0.3, 0.4) is 0 Å². The minimum Gasteiger partial charge on any atom is -0.393 e. The molecule has 4 rings (SSSR count). The summed E-state index contributed by atoms with van der Waals surface area (Å²) in [5, 5.41) is 3.58. The van der Waals surface area contributed by atoms with Crippen LogP contribution < -0.4 is 0 Å². The number of rotatable bonds is 5. The molecule has 0 aliphatic rings. The molecule has 0 unspecified atom stereocenters. The Morgan fingerprint density at radius 2 is 1.90 bits per heavy atom. The molecule has 0 aliphatic carbocycles. The van der Waals surface area contributed by atoms with Crippen molar-refractivity contribution in [1.29, 1.82) is 0 Å². The van der Waals surface area contributed by atoms with Crippen LogP contribution in [0, 0.1) is 0 Å². The molecular formula is C20H12F3N3O2S. The van der Waals surface area contributed by atoms with Crippen molar-refractivity contribution in [2.24, 2.45) is 4.99 Å². The average Bonchev–Trinajstić information content (AvgIpc) is 3.34. The van der Waals surface area contributed by atoms with Gasteiger partial charge in [0.15, 0.2) is 11.6 Å². The number of halogens is 3. The van der Waals surface area contributed by atoms with Crippen LogP contribution in [0.5, 0.6) is 0 Å². The third-order valence-electron chi connectivity index (χ3n) is 4.07. The van der Waals surface area contributed by atoms with Gasteiger partial charge in [0.2, 0.25) is 0 Å². The molecule has 0 aliphatic heterocycles. The Morgan fingerprint density at radius 1 is 1.10 bits per heavy atom. The topological polar surface area (TPSA) is 56.0 Å². The summed E-state index contributed by atoms with van der Waals surface area (Å²) in [6, 6.07) is 13.7. The lowest BCUT2D eigenvalue weighted by Gasteiger charge is -2.05. The Morgan fingerprint density at radius 3 is 2.59 bits per heavy atom. The largest absolute Gasteiger partial charge is 0.393 e. The lowest BCUT2D eigenvalue weighted by molar-refractivity contribution is -0.0688. The standard InChI is InChI=1S/C20H12F3N3O2S/c21-19(22)28-20(23)25-18-16(14-8-9-29-11-14)26-10-13(6-7-15(26)24-18)17(27)12-4-2-1-3-5-12/h1-11,19H. The van der Waals surface area contributed by atoms with E-state index in [0.29, 0.717) is 28.0 Å². The van der Waals surface area contributed by atoms with Gasteiger partial charge in [0.25, 0.3) is 0 Å². The van der Waals surface area contributed by atoms with Gasteiger partial charge < -0.3 is 4.74 Å². The van der Waals surface area contributed by atoms with Crippen molar-refractivity contribution in [1.82, 2.24) is 9.38 Å². The van der Waals surface area contributed by atoms with Gasteiger partial charge in [-0.1, -0.05) is 30.3 Å². The summed E-state index contributed by atoms with van der Waals surface area (Å²) in [6.45, 7) is -3.34. The number of hydrogen-bond acceptors (Lipinski definition) is 5. The lowest BCUT2D eigenvalue weighted by atomic mass is 10.1. The Balaban J connectivity index is 1.86. The number of imidazole rings is 1. The summed E-state index contributed by atoms with van der Waals surface area (Å²) in [6.07, 6.45) is -0.129. The highest BCUT2D eigenvalue weighted by atomic mass is 32.1. The molecule has 0 amide bonds. The number of hydrogen-bond donors (Lipinski definition) is 0. The summed E-state index contributed by atoms with van der Waals surface area (Å²) in [7, 11) is 0. The predicted octanol–water partition coefficient (Wildman–Crippen LogP) is 5.49. The van der Waals surface area contributed by atoms with Gasteiger partial charge in [-0.05, 0) is 23.6 Å². The number of ether oxygens (including phenoxy) is 1. The van der Waals surface area contributed by atoms with E-state index in [9.17, 15) is 18.0 Å². The Hall–Kier alpha value is -3.46. The second kappa shape index (κ2) is 7.88. The zero-order chi connectivity index (χ0) is 20.4. The van der Waals surface area contributed by atoms with Gasteiger partial charge in [-0.25, -0.2) is 4.98 Å². The van der Waals surface area contributed by atoms with Crippen LogP contribution in [0.1, 0.15) is 15.9 Å². The molecule has 146 valence electrons. The fourth-order valence-electron chi connectivity index (χ4n) is 2.85. The molecule has 0 atom stereocenters. The number of aromatic nitrogens is 2. The highest BCUT2D eigenvalue weighted by Crippen LogP contribution is 2.33.